The Morgan fingerprint density at radius 3 is 2.88 bits per heavy atom. The van der Waals surface area contributed by atoms with E-state index in [1.54, 1.807) is 6.20 Å². The van der Waals surface area contributed by atoms with Crippen LogP contribution in [0, 0.1) is 0 Å². The SMILES string of the molecule is OCC1(Nc2cnnc3ccccc23)CC1. The van der Waals surface area contributed by atoms with Gasteiger partial charge in [-0.2, -0.15) is 10.2 Å². The Morgan fingerprint density at radius 2 is 2.12 bits per heavy atom. The van der Waals surface area contributed by atoms with E-state index < -0.39 is 0 Å². The van der Waals surface area contributed by atoms with E-state index in [2.05, 4.69) is 15.5 Å². The first-order valence-corrected chi connectivity index (χ1v) is 5.42. The van der Waals surface area contributed by atoms with Crippen molar-refractivity contribution in [2.24, 2.45) is 0 Å². The number of hydrogen-bond acceptors (Lipinski definition) is 4. The van der Waals surface area contributed by atoms with Gasteiger partial charge in [0, 0.05) is 5.39 Å². The predicted molar refractivity (Wildman–Crippen MR) is 62.2 cm³/mol. The van der Waals surface area contributed by atoms with Crippen LogP contribution in [-0.4, -0.2) is 27.4 Å². The van der Waals surface area contributed by atoms with E-state index in [0.717, 1.165) is 29.4 Å². The average Bonchev–Trinajstić information content (AvgIpc) is 3.10. The zero-order chi connectivity index (χ0) is 11.0. The summed E-state index contributed by atoms with van der Waals surface area (Å²) in [7, 11) is 0. The van der Waals surface area contributed by atoms with Crippen molar-refractivity contribution >= 4 is 16.6 Å². The van der Waals surface area contributed by atoms with Crippen LogP contribution in [0.15, 0.2) is 30.5 Å². The van der Waals surface area contributed by atoms with Gasteiger partial charge in [-0.05, 0) is 18.9 Å². The van der Waals surface area contributed by atoms with Crippen molar-refractivity contribution in [2.75, 3.05) is 11.9 Å². The fourth-order valence-corrected chi connectivity index (χ4v) is 1.87. The molecule has 0 unspecified atom stereocenters. The zero-order valence-electron chi connectivity index (χ0n) is 8.85. The number of benzene rings is 1. The molecule has 0 radical (unpaired) electrons. The summed E-state index contributed by atoms with van der Waals surface area (Å²) >= 11 is 0. The van der Waals surface area contributed by atoms with Gasteiger partial charge in [-0.25, -0.2) is 0 Å². The highest BCUT2D eigenvalue weighted by atomic mass is 16.3. The van der Waals surface area contributed by atoms with Gasteiger partial charge in [0.2, 0.25) is 0 Å². The number of rotatable bonds is 3. The molecule has 0 amide bonds. The molecule has 4 nitrogen and oxygen atoms in total. The standard InChI is InChI=1S/C12H13N3O/c16-8-12(5-6-12)14-11-7-13-15-10-4-2-1-3-9(10)11/h1-4,7,16H,5-6,8H2,(H,14,15). The molecule has 1 aliphatic rings. The molecule has 0 aliphatic heterocycles. The second-order valence-electron chi connectivity index (χ2n) is 4.34. The molecule has 2 aromatic rings. The molecule has 16 heavy (non-hydrogen) atoms. The summed E-state index contributed by atoms with van der Waals surface area (Å²) in [6, 6.07) is 7.87. The second-order valence-corrected chi connectivity index (χ2v) is 4.34. The smallest absolute Gasteiger partial charge is 0.0950 e. The summed E-state index contributed by atoms with van der Waals surface area (Å²) in [5, 5.41) is 21.7. The number of aromatic nitrogens is 2. The molecular formula is C12H13N3O. The van der Waals surface area contributed by atoms with Crippen LogP contribution in [0.4, 0.5) is 5.69 Å². The Hall–Kier alpha value is -1.68. The first-order chi connectivity index (χ1) is 7.83. The third-order valence-electron chi connectivity index (χ3n) is 3.10. The lowest BCUT2D eigenvalue weighted by molar-refractivity contribution is 0.266. The number of hydrogen-bond donors (Lipinski definition) is 2. The number of anilines is 1. The molecule has 4 heteroatoms. The molecule has 1 aromatic carbocycles. The van der Waals surface area contributed by atoms with Crippen LogP contribution in [0.1, 0.15) is 12.8 Å². The van der Waals surface area contributed by atoms with Gasteiger partial charge in [-0.3, -0.25) is 0 Å². The molecule has 2 N–H and O–H groups in total. The van der Waals surface area contributed by atoms with Crippen LogP contribution in [0.25, 0.3) is 10.9 Å². The van der Waals surface area contributed by atoms with Gasteiger partial charge in [0.05, 0.1) is 29.5 Å². The molecule has 0 saturated heterocycles. The van der Waals surface area contributed by atoms with E-state index in [-0.39, 0.29) is 12.1 Å². The molecule has 1 aromatic heterocycles. The fraction of sp³-hybridized carbons (Fsp3) is 0.333. The molecule has 0 atom stereocenters. The third kappa shape index (κ3) is 1.51. The Morgan fingerprint density at radius 1 is 1.31 bits per heavy atom. The monoisotopic (exact) mass is 215 g/mol. The van der Waals surface area contributed by atoms with E-state index >= 15 is 0 Å². The summed E-state index contributed by atoms with van der Waals surface area (Å²) in [5.41, 5.74) is 1.71. The summed E-state index contributed by atoms with van der Waals surface area (Å²) in [5.74, 6) is 0. The molecule has 1 fully saturated rings. The van der Waals surface area contributed by atoms with Crippen LogP contribution < -0.4 is 5.32 Å². The zero-order valence-corrected chi connectivity index (χ0v) is 8.85. The summed E-state index contributed by atoms with van der Waals surface area (Å²) in [6.07, 6.45) is 3.75. The highest BCUT2D eigenvalue weighted by molar-refractivity contribution is 5.90. The Labute approximate surface area is 93.3 Å². The molecule has 1 heterocycles. The number of nitrogens with zero attached hydrogens (tertiary/aromatic N) is 2. The highest BCUT2D eigenvalue weighted by Gasteiger charge is 2.42. The number of aliphatic hydroxyl groups is 1. The van der Waals surface area contributed by atoms with Crippen molar-refractivity contribution in [1.29, 1.82) is 0 Å². The van der Waals surface area contributed by atoms with Gasteiger partial charge in [0.15, 0.2) is 0 Å². The molecule has 0 bridgehead atoms. The van der Waals surface area contributed by atoms with E-state index in [9.17, 15) is 5.11 Å². The maximum Gasteiger partial charge on any atom is 0.0950 e. The minimum atomic E-state index is -0.119. The van der Waals surface area contributed by atoms with Crippen molar-refractivity contribution in [3.05, 3.63) is 30.5 Å². The largest absolute Gasteiger partial charge is 0.394 e. The van der Waals surface area contributed by atoms with Gasteiger partial charge < -0.3 is 10.4 Å². The third-order valence-corrected chi connectivity index (χ3v) is 3.10. The van der Waals surface area contributed by atoms with Crippen LogP contribution in [0.3, 0.4) is 0 Å². The van der Waals surface area contributed by atoms with Crippen LogP contribution in [0.5, 0.6) is 0 Å². The summed E-state index contributed by atoms with van der Waals surface area (Å²) in [4.78, 5) is 0. The molecule has 1 aliphatic carbocycles. The van der Waals surface area contributed by atoms with Gasteiger partial charge in [-0.15, -0.1) is 0 Å². The maximum absolute atomic E-state index is 9.29. The van der Waals surface area contributed by atoms with E-state index in [1.165, 1.54) is 0 Å². The second kappa shape index (κ2) is 3.42. The Bertz CT molecular complexity index is 517. The van der Waals surface area contributed by atoms with Gasteiger partial charge >= 0.3 is 0 Å². The molecule has 1 saturated carbocycles. The normalized spacial score (nSPS) is 17.3. The van der Waals surface area contributed by atoms with Crippen LogP contribution >= 0.6 is 0 Å². The highest BCUT2D eigenvalue weighted by Crippen LogP contribution is 2.39. The van der Waals surface area contributed by atoms with Crippen molar-refractivity contribution in [1.82, 2.24) is 10.2 Å². The van der Waals surface area contributed by atoms with Gasteiger partial charge in [0.1, 0.15) is 0 Å². The first kappa shape index (κ1) is 9.54. The predicted octanol–water partition coefficient (Wildman–Crippen LogP) is 1.57. The van der Waals surface area contributed by atoms with E-state index in [4.69, 9.17) is 0 Å². The van der Waals surface area contributed by atoms with Crippen LogP contribution in [0.2, 0.25) is 0 Å². The first-order valence-electron chi connectivity index (χ1n) is 5.42. The lowest BCUT2D eigenvalue weighted by atomic mass is 10.2. The number of nitrogens with one attached hydrogen (secondary N) is 1. The minimum Gasteiger partial charge on any atom is -0.394 e. The maximum atomic E-state index is 9.29. The van der Waals surface area contributed by atoms with Crippen LogP contribution in [-0.2, 0) is 0 Å². The molecular weight excluding hydrogens is 202 g/mol. The summed E-state index contributed by atoms with van der Waals surface area (Å²) < 4.78 is 0. The van der Waals surface area contributed by atoms with Crippen molar-refractivity contribution in [3.63, 3.8) is 0 Å². The summed E-state index contributed by atoms with van der Waals surface area (Å²) in [6.45, 7) is 0.170. The van der Waals surface area contributed by atoms with Crippen molar-refractivity contribution < 1.29 is 5.11 Å². The quantitative estimate of drug-likeness (QED) is 0.816. The Balaban J connectivity index is 2.03. The van der Waals surface area contributed by atoms with E-state index in [1.807, 2.05) is 24.3 Å². The van der Waals surface area contributed by atoms with Gasteiger partial charge in [-0.1, -0.05) is 18.2 Å². The Kier molecular flexibility index (Phi) is 2.04. The lowest BCUT2D eigenvalue weighted by Gasteiger charge is -2.16. The molecule has 82 valence electrons. The average molecular weight is 215 g/mol. The number of aliphatic hydroxyl groups excluding tert-OH is 1. The van der Waals surface area contributed by atoms with Gasteiger partial charge in [0.25, 0.3) is 0 Å². The van der Waals surface area contributed by atoms with Crippen molar-refractivity contribution in [3.8, 4) is 0 Å². The molecule has 0 spiro atoms. The number of fused-ring (bicyclic) bond motifs is 1. The topological polar surface area (TPSA) is 58.0 Å². The lowest BCUT2D eigenvalue weighted by Crippen LogP contribution is -2.25. The fourth-order valence-electron chi connectivity index (χ4n) is 1.87. The minimum absolute atomic E-state index is 0.119. The van der Waals surface area contributed by atoms with Crippen molar-refractivity contribution in [2.45, 2.75) is 18.4 Å². The van der Waals surface area contributed by atoms with E-state index in [0.29, 0.717) is 0 Å². The molecule has 3 rings (SSSR count).